The summed E-state index contributed by atoms with van der Waals surface area (Å²) in [6.45, 7) is 2.60. The van der Waals surface area contributed by atoms with E-state index in [-0.39, 0.29) is 6.04 Å². The Morgan fingerprint density at radius 2 is 1.95 bits per heavy atom. The van der Waals surface area contributed by atoms with Crippen molar-refractivity contribution in [3.05, 3.63) is 64.9 Å². The van der Waals surface area contributed by atoms with Gasteiger partial charge in [-0.25, -0.2) is 4.98 Å². The number of aromatic nitrogens is 2. The number of nitrogens with one attached hydrogen (secondary N) is 1. The molecule has 0 bridgehead atoms. The van der Waals surface area contributed by atoms with Gasteiger partial charge < -0.3 is 9.88 Å². The molecule has 0 aliphatic rings. The van der Waals surface area contributed by atoms with E-state index in [1.54, 1.807) is 0 Å². The molecule has 1 heterocycles. The first-order chi connectivity index (χ1) is 10.7. The lowest BCUT2D eigenvalue weighted by Gasteiger charge is -2.14. The van der Waals surface area contributed by atoms with Crippen molar-refractivity contribution in [3.8, 4) is 0 Å². The highest BCUT2D eigenvalue weighted by Crippen LogP contribution is 2.22. The first-order valence-electron chi connectivity index (χ1n) is 7.08. The van der Waals surface area contributed by atoms with Crippen LogP contribution in [0.3, 0.4) is 0 Å². The molecule has 3 aromatic rings. The van der Waals surface area contributed by atoms with Crippen LogP contribution >= 0.6 is 11.6 Å². The minimum Gasteiger partial charge on any atom is -0.349 e. The third-order valence-electron chi connectivity index (χ3n) is 3.64. The lowest BCUT2D eigenvalue weighted by Crippen LogP contribution is -2.20. The molecule has 2 aromatic carbocycles. The van der Waals surface area contributed by atoms with Gasteiger partial charge in [0.1, 0.15) is 5.82 Å². The smallest absolute Gasteiger partial charge is 0.207 e. The summed E-state index contributed by atoms with van der Waals surface area (Å²) >= 11 is 5.94. The van der Waals surface area contributed by atoms with E-state index in [1.807, 2.05) is 55.5 Å². The molecule has 112 valence electrons. The van der Waals surface area contributed by atoms with Gasteiger partial charge in [-0.3, -0.25) is 4.79 Å². The van der Waals surface area contributed by atoms with Gasteiger partial charge in [0.2, 0.25) is 6.41 Å². The molecule has 5 heteroatoms. The van der Waals surface area contributed by atoms with Crippen molar-refractivity contribution in [2.45, 2.75) is 19.5 Å². The maximum Gasteiger partial charge on any atom is 0.207 e. The van der Waals surface area contributed by atoms with E-state index in [9.17, 15) is 4.79 Å². The van der Waals surface area contributed by atoms with E-state index in [4.69, 9.17) is 11.6 Å². The number of para-hydroxylation sites is 2. The zero-order valence-electron chi connectivity index (χ0n) is 12.2. The molecule has 1 atom stereocenters. The van der Waals surface area contributed by atoms with E-state index < -0.39 is 0 Å². The Labute approximate surface area is 133 Å². The summed E-state index contributed by atoms with van der Waals surface area (Å²) in [5.41, 5.74) is 3.10. The predicted octanol–water partition coefficient (Wildman–Crippen LogP) is 3.55. The number of fused-ring (bicyclic) bond motifs is 1. The van der Waals surface area contributed by atoms with Crippen LogP contribution in [-0.2, 0) is 11.3 Å². The molecule has 0 saturated heterocycles. The molecule has 0 saturated carbocycles. The van der Waals surface area contributed by atoms with Crippen molar-refractivity contribution in [2.75, 3.05) is 0 Å². The van der Waals surface area contributed by atoms with Gasteiger partial charge in [-0.15, -0.1) is 0 Å². The standard InChI is InChI=1S/C17H16ClN3O/c1-12(19-11-22)17-20-15-4-2-3-5-16(15)21(17)10-13-6-8-14(18)9-7-13/h2-9,11-12H,10H2,1H3,(H,19,22). The molecular weight excluding hydrogens is 298 g/mol. The Bertz CT molecular complexity index is 795. The zero-order chi connectivity index (χ0) is 15.5. The van der Waals surface area contributed by atoms with Crippen LogP contribution in [0.1, 0.15) is 24.4 Å². The van der Waals surface area contributed by atoms with Gasteiger partial charge in [0.05, 0.1) is 17.1 Å². The number of carbonyl (C=O) groups excluding carboxylic acids is 1. The third-order valence-corrected chi connectivity index (χ3v) is 3.90. The first-order valence-corrected chi connectivity index (χ1v) is 7.46. The average Bonchev–Trinajstić information content (AvgIpc) is 2.89. The Balaban J connectivity index is 2.06. The predicted molar refractivity (Wildman–Crippen MR) is 87.9 cm³/mol. The Morgan fingerprint density at radius 3 is 2.68 bits per heavy atom. The molecule has 1 amide bonds. The molecule has 1 aromatic heterocycles. The summed E-state index contributed by atoms with van der Waals surface area (Å²) in [7, 11) is 0. The zero-order valence-corrected chi connectivity index (χ0v) is 12.9. The van der Waals surface area contributed by atoms with Crippen LogP contribution < -0.4 is 5.32 Å². The van der Waals surface area contributed by atoms with Gasteiger partial charge in [-0.1, -0.05) is 35.9 Å². The normalized spacial score (nSPS) is 12.3. The van der Waals surface area contributed by atoms with E-state index in [2.05, 4.69) is 14.9 Å². The largest absolute Gasteiger partial charge is 0.349 e. The van der Waals surface area contributed by atoms with Crippen molar-refractivity contribution < 1.29 is 4.79 Å². The molecule has 0 aliphatic heterocycles. The van der Waals surface area contributed by atoms with Crippen LogP contribution in [-0.4, -0.2) is 16.0 Å². The quantitative estimate of drug-likeness (QED) is 0.732. The van der Waals surface area contributed by atoms with E-state index in [0.29, 0.717) is 13.0 Å². The van der Waals surface area contributed by atoms with Gasteiger partial charge in [0, 0.05) is 11.6 Å². The van der Waals surface area contributed by atoms with Crippen LogP contribution in [0, 0.1) is 0 Å². The van der Waals surface area contributed by atoms with Crippen LogP contribution in [0.15, 0.2) is 48.5 Å². The molecule has 1 N–H and O–H groups in total. The fraction of sp³-hybridized carbons (Fsp3) is 0.176. The number of halogens is 1. The number of benzene rings is 2. The molecule has 22 heavy (non-hydrogen) atoms. The molecule has 4 nitrogen and oxygen atoms in total. The maximum atomic E-state index is 10.7. The van der Waals surface area contributed by atoms with Crippen molar-refractivity contribution in [1.29, 1.82) is 0 Å². The van der Waals surface area contributed by atoms with Gasteiger partial charge >= 0.3 is 0 Å². The van der Waals surface area contributed by atoms with Gasteiger partial charge in [0.15, 0.2) is 0 Å². The summed E-state index contributed by atoms with van der Waals surface area (Å²) in [6.07, 6.45) is 0.705. The Kier molecular flexibility index (Phi) is 4.11. The van der Waals surface area contributed by atoms with Crippen molar-refractivity contribution in [3.63, 3.8) is 0 Å². The van der Waals surface area contributed by atoms with E-state index >= 15 is 0 Å². The van der Waals surface area contributed by atoms with Crippen LogP contribution in [0.25, 0.3) is 11.0 Å². The fourth-order valence-corrected chi connectivity index (χ4v) is 2.67. The number of amides is 1. The number of imidazole rings is 1. The van der Waals surface area contributed by atoms with Gasteiger partial charge in [-0.2, -0.15) is 0 Å². The van der Waals surface area contributed by atoms with Crippen LogP contribution in [0.5, 0.6) is 0 Å². The highest BCUT2D eigenvalue weighted by atomic mass is 35.5. The summed E-state index contributed by atoms with van der Waals surface area (Å²) < 4.78 is 2.12. The molecule has 0 radical (unpaired) electrons. The first kappa shape index (κ1) is 14.6. The number of hydrogen-bond acceptors (Lipinski definition) is 2. The topological polar surface area (TPSA) is 46.9 Å². The minimum absolute atomic E-state index is 0.155. The molecule has 0 fully saturated rings. The van der Waals surface area contributed by atoms with E-state index in [1.165, 1.54) is 0 Å². The minimum atomic E-state index is -0.155. The van der Waals surface area contributed by atoms with Crippen molar-refractivity contribution in [2.24, 2.45) is 0 Å². The number of rotatable bonds is 5. The van der Waals surface area contributed by atoms with Gasteiger partial charge in [-0.05, 0) is 36.8 Å². The molecule has 0 aliphatic carbocycles. The molecular formula is C17H16ClN3O. The van der Waals surface area contributed by atoms with E-state index in [0.717, 1.165) is 27.4 Å². The summed E-state index contributed by atoms with van der Waals surface area (Å²) in [4.78, 5) is 15.4. The lowest BCUT2D eigenvalue weighted by molar-refractivity contribution is -0.110. The SMILES string of the molecule is CC(NC=O)c1nc2ccccc2n1Cc1ccc(Cl)cc1. The Hall–Kier alpha value is -2.33. The molecule has 3 rings (SSSR count). The summed E-state index contributed by atoms with van der Waals surface area (Å²) in [5.74, 6) is 0.836. The second kappa shape index (κ2) is 6.20. The van der Waals surface area contributed by atoms with Gasteiger partial charge in [0.25, 0.3) is 0 Å². The number of hydrogen-bond donors (Lipinski definition) is 1. The second-order valence-corrected chi connectivity index (χ2v) is 5.61. The van der Waals surface area contributed by atoms with Crippen molar-refractivity contribution >= 4 is 29.0 Å². The second-order valence-electron chi connectivity index (χ2n) is 5.18. The van der Waals surface area contributed by atoms with Crippen molar-refractivity contribution in [1.82, 2.24) is 14.9 Å². The third kappa shape index (κ3) is 2.83. The van der Waals surface area contributed by atoms with Crippen LogP contribution in [0.2, 0.25) is 5.02 Å². The fourth-order valence-electron chi connectivity index (χ4n) is 2.54. The summed E-state index contributed by atoms with van der Waals surface area (Å²) in [5, 5.41) is 3.49. The van der Waals surface area contributed by atoms with Crippen LogP contribution in [0.4, 0.5) is 0 Å². The monoisotopic (exact) mass is 313 g/mol. The average molecular weight is 314 g/mol. The Morgan fingerprint density at radius 1 is 1.23 bits per heavy atom. The maximum absolute atomic E-state index is 10.7. The highest BCUT2D eigenvalue weighted by molar-refractivity contribution is 6.30. The number of carbonyl (C=O) groups is 1. The summed E-state index contributed by atoms with van der Waals surface area (Å²) in [6, 6.07) is 15.6. The highest BCUT2D eigenvalue weighted by Gasteiger charge is 2.16. The number of nitrogens with zero attached hydrogens (tertiary/aromatic N) is 2. The molecule has 0 spiro atoms. The molecule has 1 unspecified atom stereocenters. The lowest BCUT2D eigenvalue weighted by atomic mass is 10.2.